The minimum atomic E-state index is -1.07. The first kappa shape index (κ1) is 9.26. The van der Waals surface area contributed by atoms with Gasteiger partial charge in [-0.1, -0.05) is 0 Å². The van der Waals surface area contributed by atoms with Crippen LogP contribution < -0.4 is 5.32 Å². The van der Waals surface area contributed by atoms with Gasteiger partial charge in [0.05, 0.1) is 5.69 Å². The minimum Gasteiger partial charge on any atom is -0.465 e. The Morgan fingerprint density at radius 1 is 1.33 bits per heavy atom. The van der Waals surface area contributed by atoms with Gasteiger partial charge in [0.25, 0.3) is 0 Å². The average Bonchev–Trinajstić information content (AvgIpc) is 2.71. The van der Waals surface area contributed by atoms with Crippen molar-refractivity contribution in [2.45, 2.75) is 0 Å². The fraction of sp³-hybridized carbons (Fsp3) is 0. The zero-order chi connectivity index (χ0) is 10.7. The van der Waals surface area contributed by atoms with Gasteiger partial charge >= 0.3 is 6.09 Å². The highest BCUT2D eigenvalue weighted by Gasteiger charge is 1.99. The van der Waals surface area contributed by atoms with Gasteiger partial charge < -0.3 is 5.11 Å². The van der Waals surface area contributed by atoms with Crippen molar-refractivity contribution in [2.75, 3.05) is 5.32 Å². The monoisotopic (exact) mass is 203 g/mol. The van der Waals surface area contributed by atoms with Gasteiger partial charge in [-0.2, -0.15) is 5.10 Å². The summed E-state index contributed by atoms with van der Waals surface area (Å²) in [5.74, 6) is 0. The normalized spacial score (nSPS) is 9.87. The molecular formula is C10H9N3O2. The summed E-state index contributed by atoms with van der Waals surface area (Å²) in [5, 5.41) is 14.8. The Bertz CT molecular complexity index is 448. The van der Waals surface area contributed by atoms with E-state index >= 15 is 0 Å². The molecule has 76 valence electrons. The third kappa shape index (κ3) is 2.14. The van der Waals surface area contributed by atoms with E-state index in [1.807, 2.05) is 12.3 Å². The van der Waals surface area contributed by atoms with Gasteiger partial charge in [-0.15, -0.1) is 0 Å². The number of amides is 1. The fourth-order valence-corrected chi connectivity index (χ4v) is 1.24. The van der Waals surface area contributed by atoms with E-state index in [0.717, 1.165) is 5.69 Å². The van der Waals surface area contributed by atoms with Crippen LogP contribution in [-0.2, 0) is 0 Å². The van der Waals surface area contributed by atoms with E-state index in [0.29, 0.717) is 5.69 Å². The molecule has 0 spiro atoms. The topological polar surface area (TPSA) is 67.2 Å². The third-order valence-corrected chi connectivity index (χ3v) is 1.89. The third-order valence-electron chi connectivity index (χ3n) is 1.89. The molecule has 5 nitrogen and oxygen atoms in total. The molecule has 0 aliphatic heterocycles. The highest BCUT2D eigenvalue weighted by Crippen LogP contribution is 2.12. The maximum atomic E-state index is 10.4. The molecule has 0 saturated heterocycles. The zero-order valence-electron chi connectivity index (χ0n) is 7.79. The minimum absolute atomic E-state index is 0.540. The molecule has 2 N–H and O–H groups in total. The Kier molecular flexibility index (Phi) is 2.37. The quantitative estimate of drug-likeness (QED) is 0.784. The summed E-state index contributed by atoms with van der Waals surface area (Å²) >= 11 is 0. The van der Waals surface area contributed by atoms with Crippen molar-refractivity contribution in [1.29, 1.82) is 0 Å². The van der Waals surface area contributed by atoms with Crippen LogP contribution in [0.5, 0.6) is 0 Å². The predicted octanol–water partition coefficient (Wildman–Crippen LogP) is 1.96. The fourth-order valence-electron chi connectivity index (χ4n) is 1.24. The van der Waals surface area contributed by atoms with Crippen LogP contribution >= 0.6 is 0 Å². The van der Waals surface area contributed by atoms with Gasteiger partial charge in [0.2, 0.25) is 0 Å². The van der Waals surface area contributed by atoms with Crippen LogP contribution in [0.15, 0.2) is 42.7 Å². The van der Waals surface area contributed by atoms with E-state index < -0.39 is 6.09 Å². The van der Waals surface area contributed by atoms with E-state index in [1.165, 1.54) is 0 Å². The molecule has 0 radical (unpaired) electrons. The Labute approximate surface area is 86.0 Å². The Hall–Kier alpha value is -2.30. The first-order chi connectivity index (χ1) is 7.25. The van der Waals surface area contributed by atoms with E-state index in [-0.39, 0.29) is 0 Å². The lowest BCUT2D eigenvalue weighted by atomic mass is 10.3. The van der Waals surface area contributed by atoms with E-state index in [9.17, 15) is 4.79 Å². The molecule has 5 heteroatoms. The summed E-state index contributed by atoms with van der Waals surface area (Å²) in [6.07, 6.45) is 2.44. The van der Waals surface area contributed by atoms with Crippen molar-refractivity contribution in [1.82, 2.24) is 9.78 Å². The Balaban J connectivity index is 2.21. The number of nitrogens with one attached hydrogen (secondary N) is 1. The number of anilines is 1. The summed E-state index contributed by atoms with van der Waals surface area (Å²) < 4.78 is 1.70. The van der Waals surface area contributed by atoms with Crippen LogP contribution in [0.25, 0.3) is 5.69 Å². The van der Waals surface area contributed by atoms with Crippen molar-refractivity contribution in [3.63, 3.8) is 0 Å². The van der Waals surface area contributed by atoms with Crippen molar-refractivity contribution in [3.8, 4) is 5.69 Å². The van der Waals surface area contributed by atoms with Crippen molar-refractivity contribution < 1.29 is 9.90 Å². The summed E-state index contributed by atoms with van der Waals surface area (Å²) in [6, 6.07) is 8.77. The van der Waals surface area contributed by atoms with Crippen LogP contribution in [0.4, 0.5) is 10.5 Å². The van der Waals surface area contributed by atoms with E-state index in [4.69, 9.17) is 5.11 Å². The molecule has 1 aromatic heterocycles. The molecule has 15 heavy (non-hydrogen) atoms. The summed E-state index contributed by atoms with van der Waals surface area (Å²) in [4.78, 5) is 10.4. The number of benzene rings is 1. The van der Waals surface area contributed by atoms with E-state index in [1.54, 1.807) is 35.1 Å². The van der Waals surface area contributed by atoms with Gasteiger partial charge in [0.1, 0.15) is 0 Å². The number of hydrogen-bond donors (Lipinski definition) is 2. The second-order valence-corrected chi connectivity index (χ2v) is 2.93. The lowest BCUT2D eigenvalue weighted by molar-refractivity contribution is 0.210. The Morgan fingerprint density at radius 2 is 2.07 bits per heavy atom. The number of carboxylic acid groups (broad SMARTS) is 1. The van der Waals surface area contributed by atoms with Crippen molar-refractivity contribution in [3.05, 3.63) is 42.7 Å². The van der Waals surface area contributed by atoms with Crippen molar-refractivity contribution in [2.24, 2.45) is 0 Å². The molecule has 1 aromatic carbocycles. The molecule has 0 saturated carbocycles. The molecule has 0 aliphatic carbocycles. The SMILES string of the molecule is O=C(O)Nc1ccc(-n2cccn2)cc1. The number of hydrogen-bond acceptors (Lipinski definition) is 2. The van der Waals surface area contributed by atoms with Gasteiger partial charge in [-0.25, -0.2) is 9.48 Å². The lowest BCUT2D eigenvalue weighted by Crippen LogP contribution is -2.07. The van der Waals surface area contributed by atoms with Crippen LogP contribution in [0.2, 0.25) is 0 Å². The molecule has 2 rings (SSSR count). The maximum Gasteiger partial charge on any atom is 0.409 e. The summed E-state index contributed by atoms with van der Waals surface area (Å²) in [5.41, 5.74) is 1.43. The molecule has 0 unspecified atom stereocenters. The number of carbonyl (C=O) groups is 1. The first-order valence-electron chi connectivity index (χ1n) is 4.36. The maximum absolute atomic E-state index is 10.4. The molecule has 0 bridgehead atoms. The molecular weight excluding hydrogens is 194 g/mol. The molecule has 1 heterocycles. The summed E-state index contributed by atoms with van der Waals surface area (Å²) in [6.45, 7) is 0. The van der Waals surface area contributed by atoms with Crippen LogP contribution in [0.3, 0.4) is 0 Å². The smallest absolute Gasteiger partial charge is 0.409 e. The van der Waals surface area contributed by atoms with E-state index in [2.05, 4.69) is 10.4 Å². The number of aromatic nitrogens is 2. The van der Waals surface area contributed by atoms with Gasteiger partial charge in [-0.3, -0.25) is 5.32 Å². The van der Waals surface area contributed by atoms with Crippen LogP contribution in [-0.4, -0.2) is 21.0 Å². The molecule has 0 aliphatic rings. The lowest BCUT2D eigenvalue weighted by Gasteiger charge is -2.03. The highest BCUT2D eigenvalue weighted by molar-refractivity contribution is 5.82. The largest absolute Gasteiger partial charge is 0.465 e. The number of nitrogens with zero attached hydrogens (tertiary/aromatic N) is 2. The van der Waals surface area contributed by atoms with Gasteiger partial charge in [0, 0.05) is 18.1 Å². The molecule has 2 aromatic rings. The van der Waals surface area contributed by atoms with Crippen molar-refractivity contribution >= 4 is 11.8 Å². The zero-order valence-corrected chi connectivity index (χ0v) is 7.79. The Morgan fingerprint density at radius 3 is 2.60 bits per heavy atom. The average molecular weight is 203 g/mol. The van der Waals surface area contributed by atoms with Crippen LogP contribution in [0.1, 0.15) is 0 Å². The molecule has 1 amide bonds. The predicted molar refractivity (Wildman–Crippen MR) is 55.2 cm³/mol. The van der Waals surface area contributed by atoms with Gasteiger partial charge in [0.15, 0.2) is 0 Å². The number of rotatable bonds is 2. The standard InChI is InChI=1S/C10H9N3O2/c14-10(15)12-8-2-4-9(5-3-8)13-7-1-6-11-13/h1-7,12H,(H,14,15). The highest BCUT2D eigenvalue weighted by atomic mass is 16.4. The second kappa shape index (κ2) is 3.83. The first-order valence-corrected chi connectivity index (χ1v) is 4.36. The molecule has 0 fully saturated rings. The second-order valence-electron chi connectivity index (χ2n) is 2.93. The molecule has 0 atom stereocenters. The van der Waals surface area contributed by atoms with Gasteiger partial charge in [-0.05, 0) is 30.3 Å². The van der Waals surface area contributed by atoms with Crippen LogP contribution in [0, 0.1) is 0 Å². The summed E-state index contributed by atoms with van der Waals surface area (Å²) in [7, 11) is 0.